The Bertz CT molecular complexity index is 996. The third-order valence-electron chi connectivity index (χ3n) is 5.50. The van der Waals surface area contributed by atoms with Crippen LogP contribution in [0.5, 0.6) is 5.75 Å². The van der Waals surface area contributed by atoms with Crippen LogP contribution in [0.2, 0.25) is 0 Å². The number of hydrogen-bond donors (Lipinski definition) is 1. The van der Waals surface area contributed by atoms with Gasteiger partial charge < -0.3 is 14.7 Å². The Morgan fingerprint density at radius 1 is 1.07 bits per heavy atom. The van der Waals surface area contributed by atoms with E-state index in [9.17, 15) is 9.90 Å². The molecule has 1 aliphatic rings. The summed E-state index contributed by atoms with van der Waals surface area (Å²) < 4.78 is 7.07. The van der Waals surface area contributed by atoms with Crippen molar-refractivity contribution in [2.24, 2.45) is 7.05 Å². The van der Waals surface area contributed by atoms with E-state index in [0.29, 0.717) is 37.2 Å². The van der Waals surface area contributed by atoms with Crippen LogP contribution in [0.3, 0.4) is 0 Å². The van der Waals surface area contributed by atoms with Crippen LogP contribution in [-0.4, -0.2) is 45.9 Å². The highest BCUT2D eigenvalue weighted by Gasteiger charge is 2.28. The van der Waals surface area contributed by atoms with Gasteiger partial charge in [0.05, 0.1) is 18.5 Å². The molecule has 1 unspecified atom stereocenters. The third kappa shape index (κ3) is 3.76. The fraction of sp³-hybridized carbons (Fsp3) is 0.304. The average Bonchev–Trinajstić information content (AvgIpc) is 2.94. The SMILES string of the molecule is COc1ccc(C(O)C(=O)N2CCc3nn(C)c(-c4ccccc4)c3CC2)cc1. The number of aliphatic hydroxyl groups excluding tert-OH is 1. The number of aryl methyl sites for hydroxylation is 1. The number of carbonyl (C=O) groups is 1. The Hall–Kier alpha value is -3.12. The molecule has 2 heterocycles. The van der Waals surface area contributed by atoms with E-state index in [4.69, 9.17) is 9.84 Å². The van der Waals surface area contributed by atoms with E-state index in [1.165, 1.54) is 5.56 Å². The number of rotatable bonds is 4. The third-order valence-corrected chi connectivity index (χ3v) is 5.50. The summed E-state index contributed by atoms with van der Waals surface area (Å²) in [7, 11) is 3.55. The quantitative estimate of drug-likeness (QED) is 0.743. The van der Waals surface area contributed by atoms with E-state index in [0.717, 1.165) is 17.0 Å². The van der Waals surface area contributed by atoms with E-state index in [1.807, 2.05) is 29.9 Å². The van der Waals surface area contributed by atoms with Crippen LogP contribution in [0, 0.1) is 0 Å². The minimum absolute atomic E-state index is 0.272. The summed E-state index contributed by atoms with van der Waals surface area (Å²) in [6.07, 6.45) is 0.219. The number of fused-ring (bicyclic) bond motifs is 1. The van der Waals surface area contributed by atoms with E-state index in [2.05, 4.69) is 12.1 Å². The molecule has 6 heteroatoms. The Kier molecular flexibility index (Phi) is 5.36. The normalized spacial score (nSPS) is 14.8. The van der Waals surface area contributed by atoms with Gasteiger partial charge in [0.25, 0.3) is 5.91 Å². The summed E-state index contributed by atoms with van der Waals surface area (Å²) in [5, 5.41) is 15.3. The van der Waals surface area contributed by atoms with Gasteiger partial charge in [-0.05, 0) is 24.1 Å². The number of methoxy groups -OCH3 is 1. The molecule has 4 rings (SSSR count). The van der Waals surface area contributed by atoms with Gasteiger partial charge in [-0.25, -0.2) is 0 Å². The van der Waals surface area contributed by atoms with Crippen LogP contribution in [0.15, 0.2) is 54.6 Å². The zero-order valence-electron chi connectivity index (χ0n) is 16.7. The van der Waals surface area contributed by atoms with Crippen molar-refractivity contribution in [2.45, 2.75) is 18.9 Å². The maximum Gasteiger partial charge on any atom is 0.256 e. The lowest BCUT2D eigenvalue weighted by Crippen LogP contribution is -2.37. The molecule has 0 saturated heterocycles. The molecule has 2 aromatic carbocycles. The highest BCUT2D eigenvalue weighted by atomic mass is 16.5. The maximum absolute atomic E-state index is 12.9. The lowest BCUT2D eigenvalue weighted by Gasteiger charge is -2.23. The number of aliphatic hydroxyl groups is 1. The van der Waals surface area contributed by atoms with Crippen molar-refractivity contribution in [1.29, 1.82) is 0 Å². The van der Waals surface area contributed by atoms with Gasteiger partial charge in [-0.1, -0.05) is 42.5 Å². The summed E-state index contributed by atoms with van der Waals surface area (Å²) in [4.78, 5) is 14.7. The number of benzene rings is 2. The number of aromatic nitrogens is 2. The Morgan fingerprint density at radius 2 is 1.76 bits per heavy atom. The molecule has 1 N–H and O–H groups in total. The fourth-order valence-electron chi connectivity index (χ4n) is 3.97. The second-order valence-corrected chi connectivity index (χ2v) is 7.26. The van der Waals surface area contributed by atoms with Gasteiger partial charge in [0.15, 0.2) is 6.10 Å². The Labute approximate surface area is 170 Å². The summed E-state index contributed by atoms with van der Waals surface area (Å²) in [6.45, 7) is 1.11. The van der Waals surface area contributed by atoms with Crippen molar-refractivity contribution >= 4 is 5.91 Å². The van der Waals surface area contributed by atoms with Gasteiger partial charge in [-0.2, -0.15) is 5.10 Å². The molecule has 29 heavy (non-hydrogen) atoms. The minimum Gasteiger partial charge on any atom is -0.497 e. The molecular weight excluding hydrogens is 366 g/mol. The fourth-order valence-corrected chi connectivity index (χ4v) is 3.97. The van der Waals surface area contributed by atoms with Crippen molar-refractivity contribution in [3.8, 4) is 17.0 Å². The minimum atomic E-state index is -1.17. The molecule has 6 nitrogen and oxygen atoms in total. The summed E-state index contributed by atoms with van der Waals surface area (Å²) in [5.41, 5.74) is 5.02. The van der Waals surface area contributed by atoms with E-state index in [-0.39, 0.29) is 5.91 Å². The molecule has 1 aromatic heterocycles. The Morgan fingerprint density at radius 3 is 2.45 bits per heavy atom. The highest BCUT2D eigenvalue weighted by molar-refractivity contribution is 5.82. The Balaban J connectivity index is 1.52. The monoisotopic (exact) mass is 391 g/mol. The molecule has 0 spiro atoms. The lowest BCUT2D eigenvalue weighted by atomic mass is 10.0. The second-order valence-electron chi connectivity index (χ2n) is 7.26. The molecule has 1 amide bonds. The van der Waals surface area contributed by atoms with Gasteiger partial charge in [0, 0.05) is 37.7 Å². The van der Waals surface area contributed by atoms with Crippen LogP contribution in [-0.2, 0) is 24.7 Å². The molecule has 3 aromatic rings. The first-order valence-corrected chi connectivity index (χ1v) is 9.79. The van der Waals surface area contributed by atoms with Crippen LogP contribution in [0.25, 0.3) is 11.3 Å². The number of carbonyl (C=O) groups excluding carboxylic acids is 1. The summed E-state index contributed by atoms with van der Waals surface area (Å²) >= 11 is 0. The predicted octanol–water partition coefficient (Wildman–Crippen LogP) is 2.76. The summed E-state index contributed by atoms with van der Waals surface area (Å²) in [5.74, 6) is 0.421. The van der Waals surface area contributed by atoms with E-state index in [1.54, 1.807) is 36.3 Å². The molecular formula is C23H25N3O3. The van der Waals surface area contributed by atoms with Gasteiger partial charge in [-0.15, -0.1) is 0 Å². The van der Waals surface area contributed by atoms with Gasteiger partial charge >= 0.3 is 0 Å². The van der Waals surface area contributed by atoms with Crippen molar-refractivity contribution in [1.82, 2.24) is 14.7 Å². The van der Waals surface area contributed by atoms with Crippen LogP contribution in [0.4, 0.5) is 0 Å². The zero-order chi connectivity index (χ0) is 20.4. The van der Waals surface area contributed by atoms with Gasteiger partial charge in [0.1, 0.15) is 5.75 Å². The van der Waals surface area contributed by atoms with Crippen molar-refractivity contribution < 1.29 is 14.6 Å². The molecule has 1 atom stereocenters. The molecule has 0 saturated carbocycles. The smallest absolute Gasteiger partial charge is 0.256 e. The molecule has 0 aliphatic carbocycles. The average molecular weight is 391 g/mol. The standard InChI is InChI=1S/C23H25N3O3/c1-25-21(16-6-4-3-5-7-16)19-12-14-26(15-13-20(19)24-25)23(28)22(27)17-8-10-18(29-2)11-9-17/h3-11,22,27H,12-15H2,1-2H3. The summed E-state index contributed by atoms with van der Waals surface area (Å²) in [6, 6.07) is 17.2. The number of hydrogen-bond acceptors (Lipinski definition) is 4. The molecule has 150 valence electrons. The molecule has 0 radical (unpaired) electrons. The van der Waals surface area contributed by atoms with Gasteiger partial charge in [0.2, 0.25) is 0 Å². The zero-order valence-corrected chi connectivity index (χ0v) is 16.7. The van der Waals surface area contributed by atoms with E-state index < -0.39 is 6.10 Å². The van der Waals surface area contributed by atoms with Gasteiger partial charge in [-0.3, -0.25) is 9.48 Å². The van der Waals surface area contributed by atoms with Crippen molar-refractivity contribution in [3.05, 3.63) is 71.4 Å². The molecule has 1 aliphatic heterocycles. The number of nitrogens with zero attached hydrogens (tertiary/aromatic N) is 3. The lowest BCUT2D eigenvalue weighted by molar-refractivity contribution is -0.140. The van der Waals surface area contributed by atoms with Crippen LogP contribution < -0.4 is 4.74 Å². The van der Waals surface area contributed by atoms with Crippen LogP contribution in [0.1, 0.15) is 22.9 Å². The second kappa shape index (κ2) is 8.09. The first-order chi connectivity index (χ1) is 14.1. The van der Waals surface area contributed by atoms with E-state index >= 15 is 0 Å². The van der Waals surface area contributed by atoms with Crippen molar-refractivity contribution in [3.63, 3.8) is 0 Å². The highest BCUT2D eigenvalue weighted by Crippen LogP contribution is 2.29. The molecule has 0 bridgehead atoms. The first kappa shape index (κ1) is 19.2. The first-order valence-electron chi connectivity index (χ1n) is 9.79. The van der Waals surface area contributed by atoms with Crippen molar-refractivity contribution in [2.75, 3.05) is 20.2 Å². The predicted molar refractivity (Wildman–Crippen MR) is 111 cm³/mol. The van der Waals surface area contributed by atoms with Crippen LogP contribution >= 0.6 is 0 Å². The number of amides is 1. The number of ether oxygens (including phenoxy) is 1. The molecule has 0 fully saturated rings. The topological polar surface area (TPSA) is 67.6 Å². The largest absolute Gasteiger partial charge is 0.497 e. The maximum atomic E-state index is 12.9.